The number of nitrogens with zero attached hydrogens (tertiary/aromatic N) is 2. The van der Waals surface area contributed by atoms with Gasteiger partial charge >= 0.3 is 0 Å². The number of aromatic nitrogens is 1. The number of benzene rings is 3. The van der Waals surface area contributed by atoms with E-state index >= 15 is 4.39 Å². The van der Waals surface area contributed by atoms with Crippen molar-refractivity contribution < 1.29 is 30.8 Å². The molecule has 1 aliphatic rings. The Balaban J connectivity index is 1.42. The number of nitrogens with one attached hydrogen (secondary N) is 3. The summed E-state index contributed by atoms with van der Waals surface area (Å²) in [5.74, 6) is -4.63. The number of hydrogen-bond acceptors (Lipinski definition) is 6. The van der Waals surface area contributed by atoms with Crippen molar-refractivity contribution in [2.45, 2.75) is 48.7 Å². The van der Waals surface area contributed by atoms with Gasteiger partial charge in [-0.15, -0.1) is 0 Å². The van der Waals surface area contributed by atoms with E-state index in [-0.39, 0.29) is 39.6 Å². The predicted octanol–water partition coefficient (Wildman–Crippen LogP) is 5.63. The number of anilines is 1. The zero-order valence-corrected chi connectivity index (χ0v) is 27.6. The first kappa shape index (κ1) is 35.4. The van der Waals surface area contributed by atoms with E-state index in [2.05, 4.69) is 20.9 Å². The standard InChI is InChI=1S/C34H34ClF4N5O3S/c1-20-16-41-17-26(44(20)48(46,47)31-6-4-3-5-28(31)35)11-12-27-29(39)18-42-19-30(27)43-34(45)33(40-2)32(21-7-9-23(36)10-8-21)22-13-24(37)15-25(38)14-22/h3-10,13-15,18-20,26,32-33,40-41H,11-12,16-17H2,1-2H3,(H,43,45)/t20-,26-,32-,33-/m0/s1. The summed E-state index contributed by atoms with van der Waals surface area (Å²) in [6, 6.07) is 12.1. The van der Waals surface area contributed by atoms with E-state index < -0.39 is 63.2 Å². The van der Waals surface area contributed by atoms with E-state index in [4.69, 9.17) is 11.6 Å². The minimum atomic E-state index is -4.02. The topological polar surface area (TPSA) is 103 Å². The van der Waals surface area contributed by atoms with E-state index in [1.54, 1.807) is 19.1 Å². The Kier molecular flexibility index (Phi) is 11.2. The third-order valence-electron chi connectivity index (χ3n) is 8.40. The molecule has 0 unspecified atom stereocenters. The fraction of sp³-hybridized carbons (Fsp3) is 0.294. The van der Waals surface area contributed by atoms with Crippen LogP contribution in [-0.4, -0.2) is 61.9 Å². The second-order valence-corrected chi connectivity index (χ2v) is 13.8. The number of sulfonamides is 1. The van der Waals surface area contributed by atoms with Crippen LogP contribution in [0, 0.1) is 23.3 Å². The fourth-order valence-corrected chi connectivity index (χ4v) is 8.57. The number of hydrogen-bond donors (Lipinski definition) is 3. The van der Waals surface area contributed by atoms with E-state index in [0.717, 1.165) is 18.3 Å². The molecule has 2 heterocycles. The molecule has 1 fully saturated rings. The van der Waals surface area contributed by atoms with Gasteiger partial charge in [0.05, 0.1) is 29.1 Å². The highest BCUT2D eigenvalue weighted by Gasteiger charge is 2.39. The van der Waals surface area contributed by atoms with Gasteiger partial charge in [0.1, 0.15) is 28.2 Å². The highest BCUT2D eigenvalue weighted by molar-refractivity contribution is 7.89. The van der Waals surface area contributed by atoms with Gasteiger partial charge in [0.15, 0.2) is 0 Å². The van der Waals surface area contributed by atoms with Crippen LogP contribution >= 0.6 is 11.6 Å². The molecule has 0 spiro atoms. The van der Waals surface area contributed by atoms with Crippen LogP contribution in [0.4, 0.5) is 23.2 Å². The molecule has 0 aliphatic carbocycles. The Morgan fingerprint density at radius 3 is 2.33 bits per heavy atom. The second-order valence-electron chi connectivity index (χ2n) is 11.6. The average Bonchev–Trinajstić information content (AvgIpc) is 3.03. The van der Waals surface area contributed by atoms with Crippen molar-refractivity contribution >= 4 is 33.2 Å². The van der Waals surface area contributed by atoms with Crippen molar-refractivity contribution in [3.8, 4) is 0 Å². The molecule has 8 nitrogen and oxygen atoms in total. The Labute approximate surface area is 281 Å². The van der Waals surface area contributed by atoms with Crippen LogP contribution < -0.4 is 16.0 Å². The first-order valence-corrected chi connectivity index (χ1v) is 17.0. The lowest BCUT2D eigenvalue weighted by Crippen LogP contribution is -2.58. The number of halogens is 5. The van der Waals surface area contributed by atoms with Crippen molar-refractivity contribution in [2.75, 3.05) is 25.5 Å². The molecule has 1 aliphatic heterocycles. The Morgan fingerprint density at radius 2 is 1.67 bits per heavy atom. The van der Waals surface area contributed by atoms with Crippen LogP contribution in [-0.2, 0) is 21.2 Å². The summed E-state index contributed by atoms with van der Waals surface area (Å²) in [6.45, 7) is 2.47. The van der Waals surface area contributed by atoms with E-state index in [1.165, 1.54) is 53.9 Å². The Bertz CT molecular complexity index is 1860. The van der Waals surface area contributed by atoms with Crippen molar-refractivity contribution in [2.24, 2.45) is 0 Å². The van der Waals surface area contributed by atoms with Gasteiger partial charge < -0.3 is 16.0 Å². The highest BCUT2D eigenvalue weighted by atomic mass is 35.5. The van der Waals surface area contributed by atoms with Gasteiger partial charge in [-0.1, -0.05) is 35.9 Å². The van der Waals surface area contributed by atoms with E-state index in [1.807, 2.05) is 0 Å². The molecule has 0 radical (unpaired) electrons. The summed E-state index contributed by atoms with van der Waals surface area (Å²) in [5.41, 5.74) is 0.648. The summed E-state index contributed by atoms with van der Waals surface area (Å²) in [4.78, 5) is 17.7. The average molecular weight is 704 g/mol. The summed E-state index contributed by atoms with van der Waals surface area (Å²) in [7, 11) is -2.54. The molecule has 0 saturated carbocycles. The number of rotatable bonds is 11. The second kappa shape index (κ2) is 15.1. The van der Waals surface area contributed by atoms with Crippen LogP contribution in [0.2, 0.25) is 5.02 Å². The normalized spacial score (nSPS) is 18.3. The summed E-state index contributed by atoms with van der Waals surface area (Å²) in [5, 5.41) is 8.90. The maximum atomic E-state index is 15.4. The first-order valence-electron chi connectivity index (χ1n) is 15.2. The number of piperazine rings is 1. The number of pyridine rings is 1. The Hall–Kier alpha value is -3.88. The number of likely N-dealkylation sites (N-methyl/N-ethyl adjacent to an activating group) is 1. The third kappa shape index (κ3) is 7.71. The van der Waals surface area contributed by atoms with Crippen molar-refractivity contribution in [3.63, 3.8) is 0 Å². The molecule has 4 atom stereocenters. The SMILES string of the molecule is CN[C@H](C(=O)Nc1cncc(F)c1CC[C@H]1CNC[C@H](C)N1S(=O)(=O)c1ccccc1Cl)[C@@H](c1ccc(F)cc1)c1cc(F)cc(F)c1. The largest absolute Gasteiger partial charge is 0.323 e. The summed E-state index contributed by atoms with van der Waals surface area (Å²) >= 11 is 6.27. The minimum Gasteiger partial charge on any atom is -0.323 e. The van der Waals surface area contributed by atoms with Crippen molar-refractivity contribution in [1.29, 1.82) is 0 Å². The van der Waals surface area contributed by atoms with Gasteiger partial charge in [0.25, 0.3) is 0 Å². The molecule has 3 aromatic carbocycles. The van der Waals surface area contributed by atoms with Gasteiger partial charge in [-0.05, 0) is 74.3 Å². The lowest BCUT2D eigenvalue weighted by atomic mass is 9.84. The molecule has 1 amide bonds. The minimum absolute atomic E-state index is 0.0261. The van der Waals surface area contributed by atoms with Gasteiger partial charge in [-0.3, -0.25) is 9.78 Å². The molecule has 4 aromatic rings. The van der Waals surface area contributed by atoms with Gasteiger partial charge in [-0.25, -0.2) is 26.0 Å². The zero-order valence-electron chi connectivity index (χ0n) is 26.1. The van der Waals surface area contributed by atoms with Crippen LogP contribution in [0.25, 0.3) is 0 Å². The van der Waals surface area contributed by atoms with Gasteiger partial charge in [0.2, 0.25) is 15.9 Å². The quantitative estimate of drug-likeness (QED) is 0.175. The molecule has 5 rings (SSSR count). The Morgan fingerprint density at radius 1 is 0.979 bits per heavy atom. The maximum absolute atomic E-state index is 15.4. The molecule has 254 valence electrons. The van der Waals surface area contributed by atoms with E-state index in [0.29, 0.717) is 24.7 Å². The monoisotopic (exact) mass is 703 g/mol. The fourth-order valence-electron chi connectivity index (χ4n) is 6.22. The highest BCUT2D eigenvalue weighted by Crippen LogP contribution is 2.33. The molecular weight excluding hydrogens is 670 g/mol. The number of carbonyl (C=O) groups is 1. The zero-order chi connectivity index (χ0) is 34.6. The summed E-state index contributed by atoms with van der Waals surface area (Å²) in [6.07, 6.45) is 2.48. The van der Waals surface area contributed by atoms with Crippen LogP contribution in [0.15, 0.2) is 84.0 Å². The van der Waals surface area contributed by atoms with Crippen molar-refractivity contribution in [3.05, 3.63) is 124 Å². The molecule has 1 aromatic heterocycles. The predicted molar refractivity (Wildman–Crippen MR) is 175 cm³/mol. The molecular formula is C34H34ClF4N5O3S. The number of carbonyl (C=O) groups excluding carboxylic acids is 1. The molecule has 14 heteroatoms. The smallest absolute Gasteiger partial charge is 0.245 e. The number of amides is 1. The maximum Gasteiger partial charge on any atom is 0.245 e. The van der Waals surface area contributed by atoms with Gasteiger partial charge in [-0.2, -0.15) is 4.31 Å². The third-order valence-corrected chi connectivity index (χ3v) is 11.0. The summed E-state index contributed by atoms with van der Waals surface area (Å²) < 4.78 is 86.8. The van der Waals surface area contributed by atoms with Gasteiger partial charge in [0, 0.05) is 42.7 Å². The van der Waals surface area contributed by atoms with Crippen LogP contribution in [0.1, 0.15) is 36.0 Å². The lowest BCUT2D eigenvalue weighted by Gasteiger charge is -2.40. The molecule has 0 bridgehead atoms. The van der Waals surface area contributed by atoms with Crippen LogP contribution in [0.5, 0.6) is 0 Å². The molecule has 3 N–H and O–H groups in total. The molecule has 48 heavy (non-hydrogen) atoms. The lowest BCUT2D eigenvalue weighted by molar-refractivity contribution is -0.118. The van der Waals surface area contributed by atoms with E-state index in [9.17, 15) is 26.4 Å². The molecule has 1 saturated heterocycles. The van der Waals surface area contributed by atoms with Crippen molar-refractivity contribution in [1.82, 2.24) is 19.9 Å². The van der Waals surface area contributed by atoms with Crippen LogP contribution in [0.3, 0.4) is 0 Å². The first-order chi connectivity index (χ1) is 22.9.